The van der Waals surface area contributed by atoms with Gasteiger partial charge in [0.05, 0.1) is 33.0 Å². The minimum absolute atomic E-state index is 0.164. The van der Waals surface area contributed by atoms with Gasteiger partial charge in [0, 0.05) is 14.0 Å². The maximum Gasteiger partial charge on any atom is 0.303 e. The first-order chi connectivity index (χ1) is 22.6. The summed E-state index contributed by atoms with van der Waals surface area (Å²) in [6, 6.07) is 39.5. The minimum atomic E-state index is -0.983. The second-order valence-corrected chi connectivity index (χ2v) is 11.1. The molecule has 0 saturated carbocycles. The van der Waals surface area contributed by atoms with E-state index in [1.54, 1.807) is 0 Å². The number of carbonyl (C=O) groups excluding carboxylic acids is 1. The zero-order chi connectivity index (χ0) is 32.0. The molecular weight excluding hydrogens is 584 g/mol. The van der Waals surface area contributed by atoms with Crippen molar-refractivity contribution in [2.24, 2.45) is 0 Å². The molecule has 1 heterocycles. The molecule has 0 N–H and O–H groups in total. The average Bonchev–Trinajstić information content (AvgIpc) is 3.20. The molecule has 8 heteroatoms. The molecule has 8 nitrogen and oxygen atoms in total. The Bertz CT molecular complexity index is 1420. The van der Waals surface area contributed by atoms with E-state index in [1.165, 1.54) is 14.0 Å². The van der Waals surface area contributed by atoms with E-state index < -0.39 is 42.8 Å². The van der Waals surface area contributed by atoms with Crippen LogP contribution in [-0.2, 0) is 64.4 Å². The van der Waals surface area contributed by atoms with E-state index >= 15 is 0 Å². The molecule has 5 rings (SSSR count). The van der Waals surface area contributed by atoms with E-state index in [1.807, 2.05) is 121 Å². The van der Waals surface area contributed by atoms with Crippen molar-refractivity contribution >= 4 is 5.97 Å². The molecule has 0 bridgehead atoms. The zero-order valence-corrected chi connectivity index (χ0v) is 26.3. The third-order valence-electron chi connectivity index (χ3n) is 7.70. The molecule has 4 aromatic rings. The van der Waals surface area contributed by atoms with Crippen LogP contribution < -0.4 is 0 Å². The largest absolute Gasteiger partial charge is 0.454 e. The molecule has 46 heavy (non-hydrogen) atoms. The predicted molar refractivity (Wildman–Crippen MR) is 172 cm³/mol. The van der Waals surface area contributed by atoms with Gasteiger partial charge in [0.1, 0.15) is 24.4 Å². The minimum Gasteiger partial charge on any atom is -0.454 e. The number of rotatable bonds is 15. The number of methoxy groups -OCH3 is 1. The van der Waals surface area contributed by atoms with Gasteiger partial charge in [0.15, 0.2) is 12.4 Å². The molecule has 0 aliphatic carbocycles. The van der Waals surface area contributed by atoms with Gasteiger partial charge in [-0.15, -0.1) is 0 Å². The molecule has 1 fully saturated rings. The van der Waals surface area contributed by atoms with E-state index in [0.29, 0.717) is 6.61 Å². The first-order valence-electron chi connectivity index (χ1n) is 15.5. The van der Waals surface area contributed by atoms with Crippen molar-refractivity contribution in [1.82, 2.24) is 0 Å². The van der Waals surface area contributed by atoms with Crippen molar-refractivity contribution < 1.29 is 38.0 Å². The van der Waals surface area contributed by atoms with E-state index in [4.69, 9.17) is 33.2 Å². The van der Waals surface area contributed by atoms with Crippen LogP contribution in [0.25, 0.3) is 0 Å². The Hall–Kier alpha value is -3.89. The summed E-state index contributed by atoms with van der Waals surface area (Å²) in [6.07, 6.45) is -4.88. The van der Waals surface area contributed by atoms with Crippen LogP contribution >= 0.6 is 0 Å². The van der Waals surface area contributed by atoms with Gasteiger partial charge in [0.25, 0.3) is 0 Å². The summed E-state index contributed by atoms with van der Waals surface area (Å²) in [5.74, 6) is -0.494. The Morgan fingerprint density at radius 2 is 0.957 bits per heavy atom. The van der Waals surface area contributed by atoms with Crippen LogP contribution in [0.15, 0.2) is 121 Å². The van der Waals surface area contributed by atoms with Gasteiger partial charge in [-0.05, 0) is 22.3 Å². The van der Waals surface area contributed by atoms with Gasteiger partial charge < -0.3 is 33.2 Å². The lowest BCUT2D eigenvalue weighted by atomic mass is 9.99. The molecule has 1 saturated heterocycles. The zero-order valence-electron chi connectivity index (χ0n) is 26.3. The molecule has 1 aliphatic heterocycles. The number of ether oxygens (including phenoxy) is 7. The number of benzene rings is 4. The maximum atomic E-state index is 12.5. The van der Waals surface area contributed by atoms with Crippen LogP contribution in [0.3, 0.4) is 0 Å². The van der Waals surface area contributed by atoms with Crippen molar-refractivity contribution in [2.45, 2.75) is 70.2 Å². The highest BCUT2D eigenvalue weighted by Crippen LogP contribution is 2.32. The molecule has 0 amide bonds. The summed E-state index contributed by atoms with van der Waals surface area (Å²) in [5, 5.41) is 0. The lowest BCUT2D eigenvalue weighted by molar-refractivity contribution is -0.239. The maximum absolute atomic E-state index is 12.5. The second kappa shape index (κ2) is 17.7. The topological polar surface area (TPSA) is 81.7 Å². The smallest absolute Gasteiger partial charge is 0.303 e. The summed E-state index contributed by atoms with van der Waals surface area (Å²) >= 11 is 0. The number of esters is 1. The first-order valence-corrected chi connectivity index (χ1v) is 15.5. The summed E-state index contributed by atoms with van der Waals surface area (Å²) in [5.41, 5.74) is 3.94. The van der Waals surface area contributed by atoms with E-state index in [-0.39, 0.29) is 26.4 Å². The average molecular weight is 627 g/mol. The van der Waals surface area contributed by atoms with Gasteiger partial charge in [-0.2, -0.15) is 0 Å². The number of hydrogen-bond donors (Lipinski definition) is 0. The molecule has 0 spiro atoms. The first kappa shape index (κ1) is 33.5. The van der Waals surface area contributed by atoms with Gasteiger partial charge >= 0.3 is 5.97 Å². The van der Waals surface area contributed by atoms with Crippen molar-refractivity contribution in [3.8, 4) is 0 Å². The van der Waals surface area contributed by atoms with Crippen LogP contribution in [0, 0.1) is 0 Å². The predicted octanol–water partition coefficient (Wildman–Crippen LogP) is 6.26. The fourth-order valence-corrected chi connectivity index (χ4v) is 5.45. The van der Waals surface area contributed by atoms with Gasteiger partial charge in [0.2, 0.25) is 0 Å². The van der Waals surface area contributed by atoms with Gasteiger partial charge in [-0.25, -0.2) is 0 Å². The van der Waals surface area contributed by atoms with E-state index in [0.717, 1.165) is 22.3 Å². The van der Waals surface area contributed by atoms with Crippen molar-refractivity contribution in [3.63, 3.8) is 0 Å². The SMILES string of the molecule is CO[C@H]1O[C@H](COCc2ccccc2)[C@@H](OCc2ccccc2)[C@H](OCc2ccccc2)[C@@H](OCc2ccccc2)[C@@H]1OC(C)=O. The van der Waals surface area contributed by atoms with Gasteiger partial charge in [-0.1, -0.05) is 121 Å². The van der Waals surface area contributed by atoms with E-state index in [9.17, 15) is 4.79 Å². The lowest BCUT2D eigenvalue weighted by Gasteiger charge is -2.36. The van der Waals surface area contributed by atoms with Crippen molar-refractivity contribution in [3.05, 3.63) is 144 Å². The van der Waals surface area contributed by atoms with Crippen LogP contribution in [0.2, 0.25) is 0 Å². The Labute approximate surface area is 271 Å². The monoisotopic (exact) mass is 626 g/mol. The third kappa shape index (κ3) is 9.80. The molecule has 0 unspecified atom stereocenters. The summed E-state index contributed by atoms with van der Waals surface area (Å²) in [6.45, 7) is 2.69. The van der Waals surface area contributed by atoms with Crippen molar-refractivity contribution in [2.75, 3.05) is 13.7 Å². The summed E-state index contributed by atoms with van der Waals surface area (Å²) < 4.78 is 44.5. The standard InChI is InChI=1S/C38H42O8/c1-28(39)45-37-36(44-26-32-21-13-6-14-22-32)35(43-25-31-19-11-5-12-20-31)34(42-24-30-17-9-4-10-18-30)33(46-38(37)40-2)27-41-23-29-15-7-3-8-16-29/h3-22,33-38H,23-27H2,1-2H3/t33-,34-,35+,36-,37+,38+/m1/s1. The Morgan fingerprint density at radius 3 is 1.37 bits per heavy atom. The molecule has 6 atom stereocenters. The molecule has 0 aromatic heterocycles. The normalized spacial score (nSPS) is 23.0. The summed E-state index contributed by atoms with van der Waals surface area (Å²) in [4.78, 5) is 12.5. The van der Waals surface area contributed by atoms with E-state index in [2.05, 4.69) is 0 Å². The fourth-order valence-electron chi connectivity index (χ4n) is 5.45. The lowest BCUT2D eigenvalue weighted by Crippen LogP contribution is -2.52. The highest BCUT2D eigenvalue weighted by Gasteiger charge is 2.51. The van der Waals surface area contributed by atoms with Crippen LogP contribution in [-0.4, -0.2) is 56.5 Å². The molecule has 1 aliphatic rings. The van der Waals surface area contributed by atoms with Crippen LogP contribution in [0.4, 0.5) is 0 Å². The third-order valence-corrected chi connectivity index (χ3v) is 7.70. The van der Waals surface area contributed by atoms with Crippen LogP contribution in [0.1, 0.15) is 29.2 Å². The highest BCUT2D eigenvalue weighted by atomic mass is 16.7. The quantitative estimate of drug-likeness (QED) is 0.143. The number of carbonyl (C=O) groups is 1. The van der Waals surface area contributed by atoms with Gasteiger partial charge in [-0.3, -0.25) is 4.79 Å². The van der Waals surface area contributed by atoms with Crippen LogP contribution in [0.5, 0.6) is 0 Å². The summed E-state index contributed by atoms with van der Waals surface area (Å²) in [7, 11) is 1.52. The fraction of sp³-hybridized carbons (Fsp3) is 0.342. The molecule has 4 aromatic carbocycles. The molecule has 0 radical (unpaired) electrons. The Balaban J connectivity index is 1.50. The van der Waals surface area contributed by atoms with Crippen molar-refractivity contribution in [1.29, 1.82) is 0 Å². The molecular formula is C38H42O8. The highest BCUT2D eigenvalue weighted by molar-refractivity contribution is 5.66. The molecule has 242 valence electrons. The number of hydrogen-bond acceptors (Lipinski definition) is 8. The Morgan fingerprint density at radius 1 is 0.565 bits per heavy atom. The Kier molecular flexibility index (Phi) is 12.9. The second-order valence-electron chi connectivity index (χ2n) is 11.1.